The summed E-state index contributed by atoms with van der Waals surface area (Å²) in [6.45, 7) is 4.41. The van der Waals surface area contributed by atoms with E-state index in [4.69, 9.17) is 15.2 Å². The fourth-order valence-corrected chi connectivity index (χ4v) is 4.59. The van der Waals surface area contributed by atoms with E-state index in [-0.39, 0.29) is 35.9 Å². The number of ether oxygens (including phenoxy) is 2. The Bertz CT molecular complexity index is 643. The molecular formula is C22H35IN4O2. The second-order valence-electron chi connectivity index (χ2n) is 8.43. The van der Waals surface area contributed by atoms with Crippen LogP contribution in [0, 0.1) is 0 Å². The second-order valence-corrected chi connectivity index (χ2v) is 8.43. The quantitative estimate of drug-likeness (QED) is 0.359. The standard InChI is InChI=1S/C22H34N4O2.HI/c23-21(24-15-20-17-27-22(28-20)11-5-2-6-12-22)25-19-9-13-26(14-10-19)16-18-7-3-1-4-8-18;/h1,3-4,7-8,19-20H,2,5-6,9-17H2,(H3,23,24,25);1H. The molecule has 29 heavy (non-hydrogen) atoms. The zero-order valence-corrected chi connectivity index (χ0v) is 19.6. The molecule has 162 valence electrons. The van der Waals surface area contributed by atoms with Gasteiger partial charge in [0.2, 0.25) is 0 Å². The Balaban J connectivity index is 0.00000240. The van der Waals surface area contributed by atoms with Gasteiger partial charge in [0.1, 0.15) is 6.10 Å². The first kappa shape index (κ1) is 22.8. The second kappa shape index (κ2) is 10.9. The van der Waals surface area contributed by atoms with Gasteiger partial charge in [0.05, 0.1) is 13.2 Å². The van der Waals surface area contributed by atoms with Gasteiger partial charge in [0.15, 0.2) is 11.7 Å². The lowest BCUT2D eigenvalue weighted by atomic mass is 9.94. The first-order valence-electron chi connectivity index (χ1n) is 10.9. The predicted octanol–water partition coefficient (Wildman–Crippen LogP) is 3.25. The largest absolute Gasteiger partial charge is 0.370 e. The maximum absolute atomic E-state index is 6.18. The maximum Gasteiger partial charge on any atom is 0.188 e. The number of piperidine rings is 1. The Morgan fingerprint density at radius 3 is 2.59 bits per heavy atom. The molecule has 7 heteroatoms. The molecule has 3 aliphatic rings. The number of benzene rings is 1. The topological polar surface area (TPSA) is 72.1 Å². The number of nitrogens with one attached hydrogen (secondary N) is 1. The first-order chi connectivity index (χ1) is 13.7. The summed E-state index contributed by atoms with van der Waals surface area (Å²) in [7, 11) is 0. The van der Waals surface area contributed by atoms with Crippen molar-refractivity contribution in [3.63, 3.8) is 0 Å². The molecule has 0 amide bonds. The Kier molecular flexibility index (Phi) is 8.58. The molecule has 1 spiro atoms. The minimum Gasteiger partial charge on any atom is -0.370 e. The lowest BCUT2D eigenvalue weighted by Gasteiger charge is -2.32. The summed E-state index contributed by atoms with van der Waals surface area (Å²) in [5, 5.41) is 3.40. The van der Waals surface area contributed by atoms with E-state index in [0.717, 1.165) is 45.3 Å². The number of halogens is 1. The molecule has 3 fully saturated rings. The number of hydrogen-bond acceptors (Lipinski definition) is 4. The van der Waals surface area contributed by atoms with E-state index < -0.39 is 0 Å². The van der Waals surface area contributed by atoms with Crippen molar-refractivity contribution in [2.45, 2.75) is 69.4 Å². The summed E-state index contributed by atoms with van der Waals surface area (Å²) in [6.07, 6.45) is 7.94. The van der Waals surface area contributed by atoms with Crippen LogP contribution in [0.3, 0.4) is 0 Å². The molecule has 2 aliphatic heterocycles. The first-order valence-corrected chi connectivity index (χ1v) is 10.9. The van der Waals surface area contributed by atoms with Crippen molar-refractivity contribution in [3.8, 4) is 0 Å². The minimum atomic E-state index is -0.327. The molecule has 2 heterocycles. The van der Waals surface area contributed by atoms with Crippen LogP contribution in [0.4, 0.5) is 0 Å². The average Bonchev–Trinajstić information content (AvgIpc) is 3.11. The molecule has 0 aromatic heterocycles. The predicted molar refractivity (Wildman–Crippen MR) is 126 cm³/mol. The van der Waals surface area contributed by atoms with Crippen LogP contribution < -0.4 is 11.1 Å². The monoisotopic (exact) mass is 514 g/mol. The summed E-state index contributed by atoms with van der Waals surface area (Å²) >= 11 is 0. The number of hydrogen-bond donors (Lipinski definition) is 2. The smallest absolute Gasteiger partial charge is 0.188 e. The lowest BCUT2D eigenvalue weighted by molar-refractivity contribution is -0.186. The molecule has 0 radical (unpaired) electrons. The summed E-state index contributed by atoms with van der Waals surface area (Å²) in [5.41, 5.74) is 7.52. The van der Waals surface area contributed by atoms with Gasteiger partial charge in [-0.05, 0) is 31.2 Å². The summed E-state index contributed by atoms with van der Waals surface area (Å²) < 4.78 is 12.2. The molecule has 1 aromatic carbocycles. The highest BCUT2D eigenvalue weighted by molar-refractivity contribution is 14.0. The van der Waals surface area contributed by atoms with Gasteiger partial charge in [-0.3, -0.25) is 9.89 Å². The Morgan fingerprint density at radius 1 is 1.14 bits per heavy atom. The van der Waals surface area contributed by atoms with Crippen LogP contribution in [0.1, 0.15) is 50.5 Å². The molecule has 0 bridgehead atoms. The Hall–Kier alpha value is -0.900. The van der Waals surface area contributed by atoms with E-state index in [9.17, 15) is 0 Å². The number of nitrogens with two attached hydrogens (primary N) is 1. The van der Waals surface area contributed by atoms with Crippen molar-refractivity contribution < 1.29 is 9.47 Å². The molecule has 2 saturated heterocycles. The van der Waals surface area contributed by atoms with E-state index >= 15 is 0 Å². The molecule has 1 saturated carbocycles. The van der Waals surface area contributed by atoms with E-state index in [2.05, 4.69) is 45.5 Å². The van der Waals surface area contributed by atoms with Gasteiger partial charge < -0.3 is 20.5 Å². The summed E-state index contributed by atoms with van der Waals surface area (Å²) in [4.78, 5) is 7.04. The van der Waals surface area contributed by atoms with Gasteiger partial charge in [-0.25, -0.2) is 0 Å². The minimum absolute atomic E-state index is 0. The Morgan fingerprint density at radius 2 is 1.86 bits per heavy atom. The molecule has 4 rings (SSSR count). The fourth-order valence-electron chi connectivity index (χ4n) is 4.59. The van der Waals surface area contributed by atoms with Crippen LogP contribution in [0.2, 0.25) is 0 Å². The highest BCUT2D eigenvalue weighted by atomic mass is 127. The molecule has 1 aliphatic carbocycles. The van der Waals surface area contributed by atoms with Gasteiger partial charge in [-0.2, -0.15) is 0 Å². The van der Waals surface area contributed by atoms with Crippen molar-refractivity contribution >= 4 is 29.9 Å². The fraction of sp³-hybridized carbons (Fsp3) is 0.682. The highest BCUT2D eigenvalue weighted by Gasteiger charge is 2.42. The van der Waals surface area contributed by atoms with Crippen molar-refractivity contribution in [1.82, 2.24) is 10.2 Å². The van der Waals surface area contributed by atoms with E-state index in [1.807, 2.05) is 0 Å². The zero-order chi connectivity index (χ0) is 19.2. The van der Waals surface area contributed by atoms with Crippen molar-refractivity contribution in [3.05, 3.63) is 35.9 Å². The van der Waals surface area contributed by atoms with Crippen molar-refractivity contribution in [1.29, 1.82) is 0 Å². The van der Waals surface area contributed by atoms with Crippen LogP contribution in [-0.4, -0.2) is 55.0 Å². The SMILES string of the molecule is I.NC(=NCC1COC2(CCCCC2)O1)NC1CCN(Cc2ccccc2)CC1. The molecule has 1 atom stereocenters. The normalized spacial score (nSPS) is 25.7. The maximum atomic E-state index is 6.18. The number of nitrogens with zero attached hydrogens (tertiary/aromatic N) is 2. The average molecular weight is 514 g/mol. The lowest BCUT2D eigenvalue weighted by Crippen LogP contribution is -2.47. The third-order valence-electron chi connectivity index (χ3n) is 6.18. The van der Waals surface area contributed by atoms with E-state index in [1.54, 1.807) is 0 Å². The van der Waals surface area contributed by atoms with Crippen molar-refractivity contribution in [2.24, 2.45) is 10.7 Å². The van der Waals surface area contributed by atoms with Gasteiger partial charge in [-0.1, -0.05) is 36.8 Å². The third-order valence-corrected chi connectivity index (χ3v) is 6.18. The Labute approximate surface area is 191 Å². The molecule has 6 nitrogen and oxygen atoms in total. The van der Waals surface area contributed by atoms with Crippen LogP contribution in [0.5, 0.6) is 0 Å². The van der Waals surface area contributed by atoms with Crippen LogP contribution in [-0.2, 0) is 16.0 Å². The van der Waals surface area contributed by atoms with E-state index in [1.165, 1.54) is 24.8 Å². The molecular weight excluding hydrogens is 479 g/mol. The van der Waals surface area contributed by atoms with Gasteiger partial charge in [0.25, 0.3) is 0 Å². The summed E-state index contributed by atoms with van der Waals surface area (Å²) in [6, 6.07) is 11.1. The number of guanidine groups is 1. The number of rotatable bonds is 5. The summed E-state index contributed by atoms with van der Waals surface area (Å²) in [5.74, 6) is 0.210. The molecule has 1 aromatic rings. The van der Waals surface area contributed by atoms with E-state index in [0.29, 0.717) is 25.2 Å². The highest BCUT2D eigenvalue weighted by Crippen LogP contribution is 2.37. The van der Waals surface area contributed by atoms with Gasteiger partial charge in [-0.15, -0.1) is 24.0 Å². The zero-order valence-electron chi connectivity index (χ0n) is 17.2. The third kappa shape index (κ3) is 6.54. The van der Waals surface area contributed by atoms with Crippen LogP contribution >= 0.6 is 24.0 Å². The van der Waals surface area contributed by atoms with Crippen LogP contribution in [0.15, 0.2) is 35.3 Å². The number of likely N-dealkylation sites (tertiary alicyclic amines) is 1. The van der Waals surface area contributed by atoms with Gasteiger partial charge in [0, 0.05) is 38.5 Å². The van der Waals surface area contributed by atoms with Crippen molar-refractivity contribution in [2.75, 3.05) is 26.2 Å². The van der Waals surface area contributed by atoms with Crippen LogP contribution in [0.25, 0.3) is 0 Å². The number of aliphatic imine (C=N–C) groups is 1. The van der Waals surface area contributed by atoms with Gasteiger partial charge >= 0.3 is 0 Å². The molecule has 3 N–H and O–H groups in total. The molecule has 1 unspecified atom stereocenters.